The van der Waals surface area contributed by atoms with Crippen molar-refractivity contribution in [1.29, 1.82) is 0 Å². The molecule has 1 N–H and O–H groups in total. The second kappa shape index (κ2) is 7.67. The topological polar surface area (TPSA) is 50.2 Å². The van der Waals surface area contributed by atoms with Gasteiger partial charge in [0.1, 0.15) is 0 Å². The average molecular weight is 367 g/mol. The van der Waals surface area contributed by atoms with Crippen molar-refractivity contribution in [3.05, 3.63) is 17.5 Å². The van der Waals surface area contributed by atoms with Crippen LogP contribution in [0, 0.1) is 24.7 Å². The monoisotopic (exact) mass is 366 g/mol. The molecule has 0 radical (unpaired) electrons. The molecule has 0 aromatic carbocycles. The van der Waals surface area contributed by atoms with E-state index in [4.69, 9.17) is 0 Å². The van der Waals surface area contributed by atoms with Crippen LogP contribution >= 0.6 is 12.4 Å². The molecule has 0 spiro atoms. The number of carbonyl (C=O) groups excluding carboxylic acids is 1. The number of aromatic nitrogens is 2. The summed E-state index contributed by atoms with van der Waals surface area (Å²) in [6, 6.07) is 0.349. The second-order valence-corrected chi connectivity index (χ2v) is 8.25. The van der Waals surface area contributed by atoms with E-state index in [1.54, 1.807) is 0 Å². The largest absolute Gasteiger partial charge is 0.352 e. The maximum Gasteiger partial charge on any atom is 0.220 e. The summed E-state index contributed by atoms with van der Waals surface area (Å²) in [5.41, 5.74) is 2.56. The van der Waals surface area contributed by atoms with Crippen LogP contribution in [0.25, 0.3) is 0 Å². The smallest absolute Gasteiger partial charge is 0.220 e. The zero-order chi connectivity index (χ0) is 16.7. The first kappa shape index (κ1) is 18.7. The summed E-state index contributed by atoms with van der Waals surface area (Å²) in [6.07, 6.45) is 9.23. The van der Waals surface area contributed by atoms with Gasteiger partial charge in [0.2, 0.25) is 5.91 Å². The molecule has 0 unspecified atom stereocenters. The second-order valence-electron chi connectivity index (χ2n) is 8.25. The molecule has 5 nitrogen and oxygen atoms in total. The number of rotatable bonds is 6. The molecule has 2 saturated carbocycles. The highest BCUT2D eigenvalue weighted by Gasteiger charge is 2.43. The van der Waals surface area contributed by atoms with Crippen molar-refractivity contribution in [3.63, 3.8) is 0 Å². The molecule has 3 fully saturated rings. The van der Waals surface area contributed by atoms with Crippen LogP contribution in [0.1, 0.15) is 49.8 Å². The number of carbonyl (C=O) groups is 1. The van der Waals surface area contributed by atoms with Crippen molar-refractivity contribution in [2.75, 3.05) is 13.1 Å². The predicted molar refractivity (Wildman–Crippen MR) is 101 cm³/mol. The molecule has 25 heavy (non-hydrogen) atoms. The predicted octanol–water partition coefficient (Wildman–Crippen LogP) is 2.67. The SMILES string of the molecule is Cc1c(CN2C[C@H](NC(=O)CC3CCC3)[C@@H](C3CC3)C2)cnn1C.Cl. The molecule has 3 aliphatic rings. The van der Waals surface area contributed by atoms with E-state index >= 15 is 0 Å². The molecule has 6 heteroatoms. The van der Waals surface area contributed by atoms with Gasteiger partial charge in [-0.2, -0.15) is 5.10 Å². The molecule has 1 aliphatic heterocycles. The minimum Gasteiger partial charge on any atom is -0.352 e. The van der Waals surface area contributed by atoms with Gasteiger partial charge in [0.05, 0.1) is 6.20 Å². The van der Waals surface area contributed by atoms with E-state index in [1.165, 1.54) is 43.4 Å². The summed E-state index contributed by atoms with van der Waals surface area (Å²) in [7, 11) is 2.00. The highest BCUT2D eigenvalue weighted by atomic mass is 35.5. The molecular formula is C19H31ClN4O. The fourth-order valence-corrected chi connectivity index (χ4v) is 4.36. The maximum absolute atomic E-state index is 12.4. The summed E-state index contributed by atoms with van der Waals surface area (Å²) >= 11 is 0. The Labute approximate surface area is 156 Å². The van der Waals surface area contributed by atoms with Crippen LogP contribution in [0.15, 0.2) is 6.20 Å². The fraction of sp³-hybridized carbons (Fsp3) is 0.789. The average Bonchev–Trinajstić information content (AvgIpc) is 3.22. The number of nitrogens with zero attached hydrogens (tertiary/aromatic N) is 3. The first-order valence-electron chi connectivity index (χ1n) is 9.59. The van der Waals surface area contributed by atoms with Gasteiger partial charge in [-0.25, -0.2) is 0 Å². The molecule has 2 aliphatic carbocycles. The standard InChI is InChI=1S/C19H30N4O.ClH/c1-13-16(9-20-22(13)2)10-23-11-17(15-6-7-15)18(12-23)21-19(24)8-14-4-3-5-14;/h9,14-15,17-18H,3-8,10-12H2,1-2H3,(H,21,24);1H/t17-,18+;/m1./s1. The van der Waals surface area contributed by atoms with Gasteiger partial charge in [-0.05, 0) is 50.4 Å². The number of aryl methyl sites for hydroxylation is 1. The van der Waals surface area contributed by atoms with Gasteiger partial charge < -0.3 is 5.32 Å². The van der Waals surface area contributed by atoms with Gasteiger partial charge in [-0.1, -0.05) is 6.42 Å². The lowest BCUT2D eigenvalue weighted by Crippen LogP contribution is -2.42. The van der Waals surface area contributed by atoms with E-state index in [9.17, 15) is 4.79 Å². The highest BCUT2D eigenvalue weighted by Crippen LogP contribution is 2.42. The number of amides is 1. The van der Waals surface area contributed by atoms with Gasteiger partial charge in [-0.3, -0.25) is 14.4 Å². The highest BCUT2D eigenvalue weighted by molar-refractivity contribution is 5.85. The van der Waals surface area contributed by atoms with Crippen LogP contribution in [0.3, 0.4) is 0 Å². The van der Waals surface area contributed by atoms with Gasteiger partial charge in [0.25, 0.3) is 0 Å². The lowest BCUT2D eigenvalue weighted by atomic mass is 9.82. The van der Waals surface area contributed by atoms with E-state index in [0.717, 1.165) is 32.0 Å². The zero-order valence-electron chi connectivity index (χ0n) is 15.4. The molecule has 140 valence electrons. The summed E-state index contributed by atoms with van der Waals surface area (Å²) in [5, 5.41) is 7.74. The lowest BCUT2D eigenvalue weighted by Gasteiger charge is -2.26. The van der Waals surface area contributed by atoms with Crippen LogP contribution in [-0.2, 0) is 18.4 Å². The quantitative estimate of drug-likeness (QED) is 0.842. The molecular weight excluding hydrogens is 336 g/mol. The fourth-order valence-electron chi connectivity index (χ4n) is 4.36. The Balaban J connectivity index is 0.00000182. The summed E-state index contributed by atoms with van der Waals surface area (Å²) < 4.78 is 1.95. The number of nitrogens with one attached hydrogen (secondary N) is 1. The minimum absolute atomic E-state index is 0. The molecule has 1 aromatic rings. The van der Waals surface area contributed by atoms with Crippen molar-refractivity contribution < 1.29 is 4.79 Å². The molecule has 4 rings (SSSR count). The van der Waals surface area contributed by atoms with Crippen LogP contribution in [0.2, 0.25) is 0 Å². The van der Waals surface area contributed by atoms with E-state index < -0.39 is 0 Å². The Morgan fingerprint density at radius 2 is 2.04 bits per heavy atom. The first-order valence-corrected chi connectivity index (χ1v) is 9.59. The lowest BCUT2D eigenvalue weighted by molar-refractivity contribution is -0.123. The molecule has 2 atom stereocenters. The first-order chi connectivity index (χ1) is 11.6. The van der Waals surface area contributed by atoms with E-state index in [0.29, 0.717) is 17.9 Å². The van der Waals surface area contributed by atoms with Gasteiger partial charge in [0, 0.05) is 50.4 Å². The van der Waals surface area contributed by atoms with E-state index in [1.807, 2.05) is 17.9 Å². The number of halogens is 1. The van der Waals surface area contributed by atoms with E-state index in [-0.39, 0.29) is 18.3 Å². The number of likely N-dealkylation sites (tertiary alicyclic amines) is 1. The Morgan fingerprint density at radius 3 is 2.60 bits per heavy atom. The van der Waals surface area contributed by atoms with Gasteiger partial charge in [0.15, 0.2) is 0 Å². The van der Waals surface area contributed by atoms with Crippen LogP contribution < -0.4 is 5.32 Å². The normalized spacial score (nSPS) is 27.0. The van der Waals surface area contributed by atoms with Crippen molar-refractivity contribution >= 4 is 18.3 Å². The zero-order valence-corrected chi connectivity index (χ0v) is 16.2. The summed E-state index contributed by atoms with van der Waals surface area (Å²) in [5.74, 6) is 2.42. The third kappa shape index (κ3) is 4.20. The Bertz CT molecular complexity index is 609. The molecule has 2 heterocycles. The van der Waals surface area contributed by atoms with Crippen molar-refractivity contribution in [2.24, 2.45) is 24.8 Å². The van der Waals surface area contributed by atoms with Crippen molar-refractivity contribution in [2.45, 2.75) is 58.0 Å². The van der Waals surface area contributed by atoms with Crippen LogP contribution in [-0.4, -0.2) is 39.7 Å². The van der Waals surface area contributed by atoms with Crippen LogP contribution in [0.4, 0.5) is 0 Å². The third-order valence-corrected chi connectivity index (χ3v) is 6.44. The van der Waals surface area contributed by atoms with Crippen LogP contribution in [0.5, 0.6) is 0 Å². The van der Waals surface area contributed by atoms with Gasteiger partial charge in [-0.15, -0.1) is 12.4 Å². The number of hydrogen-bond acceptors (Lipinski definition) is 3. The van der Waals surface area contributed by atoms with Gasteiger partial charge >= 0.3 is 0 Å². The molecule has 1 amide bonds. The maximum atomic E-state index is 12.4. The Kier molecular flexibility index (Phi) is 5.74. The van der Waals surface area contributed by atoms with E-state index in [2.05, 4.69) is 22.2 Å². The molecule has 0 bridgehead atoms. The minimum atomic E-state index is 0. The van der Waals surface area contributed by atoms with Crippen molar-refractivity contribution in [3.8, 4) is 0 Å². The Morgan fingerprint density at radius 1 is 1.28 bits per heavy atom. The summed E-state index contributed by atoms with van der Waals surface area (Å²) in [4.78, 5) is 14.9. The van der Waals surface area contributed by atoms with Crippen molar-refractivity contribution in [1.82, 2.24) is 20.0 Å². The Hall–Kier alpha value is -1.07. The summed E-state index contributed by atoms with van der Waals surface area (Å²) in [6.45, 7) is 5.20. The molecule has 1 saturated heterocycles. The third-order valence-electron chi connectivity index (χ3n) is 6.44. The molecule has 1 aromatic heterocycles. The number of hydrogen-bond donors (Lipinski definition) is 1.